The van der Waals surface area contributed by atoms with Gasteiger partial charge in [-0.05, 0) is 48.9 Å². The number of rotatable bonds is 6. The molecule has 0 bridgehead atoms. The Morgan fingerprint density at radius 2 is 2.05 bits per heavy atom. The predicted octanol–water partition coefficient (Wildman–Crippen LogP) is 4.82. The third-order valence-corrected chi connectivity index (χ3v) is 5.45. The molecule has 110 valence electrons. The fraction of sp³-hybridized carbons (Fsp3) is 0.312. The topological polar surface area (TPSA) is 28.2 Å². The van der Waals surface area contributed by atoms with E-state index in [1.165, 1.54) is 20.7 Å². The van der Waals surface area contributed by atoms with Gasteiger partial charge in [0, 0.05) is 34.6 Å². The van der Waals surface area contributed by atoms with E-state index in [0.29, 0.717) is 0 Å². The molecule has 0 unspecified atom stereocenters. The maximum atomic E-state index is 4.52. The summed E-state index contributed by atoms with van der Waals surface area (Å²) in [7, 11) is 0. The van der Waals surface area contributed by atoms with Crippen molar-refractivity contribution in [2.45, 2.75) is 20.4 Å². The Bertz CT molecular complexity index is 713. The van der Waals surface area contributed by atoms with Crippen LogP contribution >= 0.6 is 22.7 Å². The van der Waals surface area contributed by atoms with Crippen molar-refractivity contribution in [3.8, 4) is 0 Å². The zero-order chi connectivity index (χ0) is 14.7. The zero-order valence-electron chi connectivity index (χ0n) is 12.3. The Balaban J connectivity index is 1.67. The second-order valence-corrected chi connectivity index (χ2v) is 6.85. The fourth-order valence-electron chi connectivity index (χ4n) is 2.29. The number of thiophene rings is 1. The molecule has 0 spiro atoms. The lowest BCUT2D eigenvalue weighted by Gasteiger charge is -2.16. The van der Waals surface area contributed by atoms with Crippen molar-refractivity contribution < 1.29 is 0 Å². The Morgan fingerprint density at radius 3 is 2.86 bits per heavy atom. The van der Waals surface area contributed by atoms with Crippen LogP contribution in [0, 0.1) is 0 Å². The highest BCUT2D eigenvalue weighted by Gasteiger charge is 2.07. The number of anilines is 2. The molecular formula is C16H19N3S2. The van der Waals surface area contributed by atoms with Crippen LogP contribution in [0.2, 0.25) is 0 Å². The Hall–Kier alpha value is -1.59. The number of nitrogens with one attached hydrogen (secondary N) is 1. The van der Waals surface area contributed by atoms with Gasteiger partial charge in [0.25, 0.3) is 0 Å². The largest absolute Gasteiger partial charge is 0.380 e. The number of benzene rings is 1. The van der Waals surface area contributed by atoms with E-state index in [1.54, 1.807) is 22.7 Å². The SMILES string of the molecule is CCN(CC)c1ncc(CNc2ccc3sccc3c2)s1. The summed E-state index contributed by atoms with van der Waals surface area (Å²) in [5.74, 6) is 0. The number of hydrogen-bond acceptors (Lipinski definition) is 5. The number of aromatic nitrogens is 1. The van der Waals surface area contributed by atoms with Gasteiger partial charge < -0.3 is 10.2 Å². The van der Waals surface area contributed by atoms with Gasteiger partial charge in [0.1, 0.15) is 0 Å². The van der Waals surface area contributed by atoms with E-state index in [1.807, 2.05) is 6.20 Å². The van der Waals surface area contributed by atoms with Gasteiger partial charge >= 0.3 is 0 Å². The Kier molecular flexibility index (Phi) is 4.41. The van der Waals surface area contributed by atoms with E-state index < -0.39 is 0 Å². The lowest BCUT2D eigenvalue weighted by molar-refractivity contribution is 0.860. The molecule has 3 nitrogen and oxygen atoms in total. The van der Waals surface area contributed by atoms with Gasteiger partial charge in [-0.2, -0.15) is 0 Å². The maximum Gasteiger partial charge on any atom is 0.185 e. The van der Waals surface area contributed by atoms with E-state index in [2.05, 4.69) is 58.7 Å². The molecule has 0 fully saturated rings. The first-order chi connectivity index (χ1) is 10.3. The molecule has 0 aliphatic rings. The molecule has 5 heteroatoms. The molecule has 0 aliphatic carbocycles. The first-order valence-electron chi connectivity index (χ1n) is 7.21. The molecular weight excluding hydrogens is 298 g/mol. The highest BCUT2D eigenvalue weighted by molar-refractivity contribution is 7.17. The van der Waals surface area contributed by atoms with Crippen LogP contribution in [0.3, 0.4) is 0 Å². The van der Waals surface area contributed by atoms with Crippen LogP contribution in [0.15, 0.2) is 35.8 Å². The van der Waals surface area contributed by atoms with Crippen LogP contribution < -0.4 is 10.2 Å². The van der Waals surface area contributed by atoms with Gasteiger partial charge in [-0.3, -0.25) is 0 Å². The molecule has 0 saturated heterocycles. The van der Waals surface area contributed by atoms with Gasteiger partial charge in [0.05, 0.1) is 6.54 Å². The van der Waals surface area contributed by atoms with Gasteiger partial charge in [-0.15, -0.1) is 22.7 Å². The Labute approximate surface area is 133 Å². The van der Waals surface area contributed by atoms with Crippen molar-refractivity contribution in [3.63, 3.8) is 0 Å². The standard InChI is InChI=1S/C16H19N3S2/c1-3-19(4-2)16-18-11-14(21-16)10-17-13-5-6-15-12(9-13)7-8-20-15/h5-9,11,17H,3-4,10H2,1-2H3. The molecule has 3 rings (SSSR count). The van der Waals surface area contributed by atoms with Gasteiger partial charge in [0.15, 0.2) is 5.13 Å². The minimum atomic E-state index is 0.828. The lowest BCUT2D eigenvalue weighted by Crippen LogP contribution is -2.21. The average Bonchev–Trinajstić information content (AvgIpc) is 3.15. The number of nitrogens with zero attached hydrogens (tertiary/aromatic N) is 2. The smallest absolute Gasteiger partial charge is 0.185 e. The molecule has 1 N–H and O–H groups in total. The lowest BCUT2D eigenvalue weighted by atomic mass is 10.2. The minimum absolute atomic E-state index is 0.828. The van der Waals surface area contributed by atoms with E-state index >= 15 is 0 Å². The van der Waals surface area contributed by atoms with E-state index in [4.69, 9.17) is 0 Å². The van der Waals surface area contributed by atoms with Crippen molar-refractivity contribution in [2.75, 3.05) is 23.3 Å². The highest BCUT2D eigenvalue weighted by Crippen LogP contribution is 2.26. The number of hydrogen-bond donors (Lipinski definition) is 1. The van der Waals surface area contributed by atoms with Crippen LogP contribution in [0.25, 0.3) is 10.1 Å². The van der Waals surface area contributed by atoms with Gasteiger partial charge in [-0.1, -0.05) is 0 Å². The summed E-state index contributed by atoms with van der Waals surface area (Å²) in [5, 5.41) is 8.04. The second-order valence-electron chi connectivity index (χ2n) is 4.81. The molecule has 2 aromatic heterocycles. The van der Waals surface area contributed by atoms with Crippen molar-refractivity contribution in [1.29, 1.82) is 0 Å². The van der Waals surface area contributed by atoms with Crippen LogP contribution in [0.1, 0.15) is 18.7 Å². The maximum absolute atomic E-state index is 4.52. The van der Waals surface area contributed by atoms with Crippen molar-refractivity contribution in [1.82, 2.24) is 4.98 Å². The number of thiazole rings is 1. The second kappa shape index (κ2) is 6.45. The summed E-state index contributed by atoms with van der Waals surface area (Å²) in [6, 6.07) is 8.69. The molecule has 0 aliphatic heterocycles. The summed E-state index contributed by atoms with van der Waals surface area (Å²) in [5.41, 5.74) is 1.17. The summed E-state index contributed by atoms with van der Waals surface area (Å²) in [4.78, 5) is 8.07. The van der Waals surface area contributed by atoms with Crippen molar-refractivity contribution >= 4 is 43.6 Å². The molecule has 2 heterocycles. The van der Waals surface area contributed by atoms with Crippen molar-refractivity contribution in [2.24, 2.45) is 0 Å². The first kappa shape index (κ1) is 14.4. The average molecular weight is 317 g/mol. The summed E-state index contributed by atoms with van der Waals surface area (Å²) >= 11 is 3.55. The summed E-state index contributed by atoms with van der Waals surface area (Å²) in [6.07, 6.45) is 1.98. The van der Waals surface area contributed by atoms with Crippen molar-refractivity contribution in [3.05, 3.63) is 40.7 Å². The summed E-state index contributed by atoms with van der Waals surface area (Å²) in [6.45, 7) is 7.17. The van der Waals surface area contributed by atoms with E-state index in [0.717, 1.165) is 24.8 Å². The van der Waals surface area contributed by atoms with Crippen LogP contribution in [0.4, 0.5) is 10.8 Å². The minimum Gasteiger partial charge on any atom is -0.380 e. The van der Waals surface area contributed by atoms with E-state index in [-0.39, 0.29) is 0 Å². The molecule has 0 radical (unpaired) electrons. The molecule has 0 atom stereocenters. The van der Waals surface area contributed by atoms with E-state index in [9.17, 15) is 0 Å². The fourth-order valence-corrected chi connectivity index (χ4v) is 4.03. The third-order valence-electron chi connectivity index (χ3n) is 3.49. The molecule has 1 aromatic carbocycles. The highest BCUT2D eigenvalue weighted by atomic mass is 32.1. The monoisotopic (exact) mass is 317 g/mol. The first-order valence-corrected chi connectivity index (χ1v) is 8.90. The van der Waals surface area contributed by atoms with Gasteiger partial charge in [-0.25, -0.2) is 4.98 Å². The number of fused-ring (bicyclic) bond motifs is 1. The molecule has 0 saturated carbocycles. The zero-order valence-corrected chi connectivity index (χ0v) is 13.9. The molecule has 0 amide bonds. The molecule has 21 heavy (non-hydrogen) atoms. The van der Waals surface area contributed by atoms with Crippen LogP contribution in [-0.4, -0.2) is 18.1 Å². The Morgan fingerprint density at radius 1 is 1.19 bits per heavy atom. The normalized spacial score (nSPS) is 11.0. The van der Waals surface area contributed by atoms with Gasteiger partial charge in [0.2, 0.25) is 0 Å². The quantitative estimate of drug-likeness (QED) is 0.706. The van der Waals surface area contributed by atoms with Crippen LogP contribution in [-0.2, 0) is 6.54 Å². The summed E-state index contributed by atoms with van der Waals surface area (Å²) < 4.78 is 1.34. The molecule has 3 aromatic rings. The van der Waals surface area contributed by atoms with Crippen LogP contribution in [0.5, 0.6) is 0 Å². The third kappa shape index (κ3) is 3.19. The predicted molar refractivity (Wildman–Crippen MR) is 94.8 cm³/mol.